The van der Waals surface area contributed by atoms with Gasteiger partial charge in [-0.3, -0.25) is 4.79 Å². The zero-order valence-corrected chi connectivity index (χ0v) is 18.4. The van der Waals surface area contributed by atoms with Crippen LogP contribution in [0.3, 0.4) is 0 Å². The van der Waals surface area contributed by atoms with Gasteiger partial charge >= 0.3 is 0 Å². The van der Waals surface area contributed by atoms with E-state index in [1.807, 2.05) is 19.1 Å². The van der Waals surface area contributed by atoms with E-state index >= 15 is 0 Å². The topological polar surface area (TPSA) is 74.6 Å². The molecule has 1 N–H and O–H groups in total. The minimum absolute atomic E-state index is 0. The van der Waals surface area contributed by atoms with Crippen molar-refractivity contribution < 1.29 is 14.3 Å². The molecule has 6 heteroatoms. The van der Waals surface area contributed by atoms with Gasteiger partial charge in [0.2, 0.25) is 0 Å². The van der Waals surface area contributed by atoms with Crippen LogP contribution in [0, 0.1) is 11.3 Å². The van der Waals surface area contributed by atoms with E-state index in [1.165, 1.54) is 24.9 Å². The van der Waals surface area contributed by atoms with Crippen LogP contribution in [-0.2, 0) is 14.3 Å². The number of hydrogen-bond acceptors (Lipinski definition) is 5. The lowest BCUT2D eigenvalue weighted by Crippen LogP contribution is -2.29. The monoisotopic (exact) mass is 437 g/mol. The van der Waals surface area contributed by atoms with E-state index in [4.69, 9.17) is 9.47 Å². The third-order valence-corrected chi connectivity index (χ3v) is 5.66. The Balaban J connectivity index is 0.00000363. The number of allylic oxidation sites excluding steroid dienone is 1. The molecule has 0 radical (unpaired) electrons. The third kappa shape index (κ3) is 6.56. The number of nitrogens with one attached hydrogen (secondary N) is 1. The van der Waals surface area contributed by atoms with Crippen molar-refractivity contribution in [3.8, 4) is 6.07 Å². The number of hydrogen-bond donors (Lipinski definition) is 1. The highest BCUT2D eigenvalue weighted by Crippen LogP contribution is 2.28. The Labute approximate surface area is 191 Å². The number of rotatable bonds is 9. The molecule has 2 aromatic rings. The van der Waals surface area contributed by atoms with Crippen LogP contribution in [0.1, 0.15) is 39.2 Å². The highest BCUT2D eigenvalue weighted by atomic mass is 16.5. The first-order valence-electron chi connectivity index (χ1n) is 10.9. The first-order valence-corrected chi connectivity index (χ1v) is 10.9. The standard InChI is InChI=1S/C25H31N3O3.CH4/c1-19(24(18-26)25(29)27-10-13-31-15-14-30-2)20-6-7-22-17-23(9-8-21(22)16-20)28-11-4-3-5-12-28;/h6-9,16-17H,3-5,10-15H2,1-2H3,(H,27,29);1H4/b24-19+;. The van der Waals surface area contributed by atoms with Crippen molar-refractivity contribution in [1.29, 1.82) is 5.26 Å². The first kappa shape index (κ1) is 25.4. The van der Waals surface area contributed by atoms with Gasteiger partial charge in [-0.2, -0.15) is 5.26 Å². The fraction of sp³-hybridized carbons (Fsp3) is 0.462. The van der Waals surface area contributed by atoms with Crippen LogP contribution in [0.4, 0.5) is 5.69 Å². The smallest absolute Gasteiger partial charge is 0.262 e. The zero-order valence-electron chi connectivity index (χ0n) is 18.4. The molecule has 1 fully saturated rings. The molecular weight excluding hydrogens is 402 g/mol. The van der Waals surface area contributed by atoms with E-state index < -0.39 is 0 Å². The Bertz CT molecular complexity index is 972. The third-order valence-electron chi connectivity index (χ3n) is 5.66. The number of nitriles is 1. The highest BCUT2D eigenvalue weighted by Gasteiger charge is 2.15. The summed E-state index contributed by atoms with van der Waals surface area (Å²) in [5, 5.41) is 14.6. The van der Waals surface area contributed by atoms with E-state index in [0.29, 0.717) is 31.9 Å². The molecule has 0 atom stereocenters. The molecule has 2 aromatic carbocycles. The minimum Gasteiger partial charge on any atom is -0.382 e. The van der Waals surface area contributed by atoms with Crippen molar-refractivity contribution in [3.63, 3.8) is 0 Å². The summed E-state index contributed by atoms with van der Waals surface area (Å²) in [4.78, 5) is 14.9. The summed E-state index contributed by atoms with van der Waals surface area (Å²) in [7, 11) is 1.61. The lowest BCUT2D eigenvalue weighted by Gasteiger charge is -2.29. The lowest BCUT2D eigenvalue weighted by atomic mass is 9.98. The van der Waals surface area contributed by atoms with Gasteiger partial charge in [-0.15, -0.1) is 0 Å². The molecular formula is C26H35N3O3. The first-order chi connectivity index (χ1) is 15.1. The number of piperidine rings is 1. The van der Waals surface area contributed by atoms with Crippen molar-refractivity contribution in [2.75, 3.05) is 51.5 Å². The van der Waals surface area contributed by atoms with E-state index in [2.05, 4.69) is 40.6 Å². The van der Waals surface area contributed by atoms with Gasteiger partial charge in [0.05, 0.1) is 19.8 Å². The SMILES string of the molecule is C.COCCOCCNC(=O)/C(C#N)=C(\C)c1ccc2cc(N3CCCCC3)ccc2c1. The molecule has 1 aliphatic heterocycles. The number of ether oxygens (including phenoxy) is 2. The van der Waals surface area contributed by atoms with Gasteiger partial charge in [0, 0.05) is 32.4 Å². The molecule has 1 heterocycles. The molecule has 1 saturated heterocycles. The minimum atomic E-state index is -0.379. The fourth-order valence-electron chi connectivity index (χ4n) is 3.83. The predicted octanol–water partition coefficient (Wildman–Crippen LogP) is 4.54. The average molecular weight is 438 g/mol. The van der Waals surface area contributed by atoms with Crippen LogP contribution in [0.15, 0.2) is 42.0 Å². The summed E-state index contributed by atoms with van der Waals surface area (Å²) in [6.07, 6.45) is 3.81. The molecule has 1 aliphatic rings. The van der Waals surface area contributed by atoms with Crippen molar-refractivity contribution in [2.45, 2.75) is 33.6 Å². The molecule has 172 valence electrons. The second-order valence-corrected chi connectivity index (χ2v) is 7.77. The maximum absolute atomic E-state index is 12.5. The Morgan fingerprint density at radius 3 is 2.50 bits per heavy atom. The quantitative estimate of drug-likeness (QED) is 0.354. The van der Waals surface area contributed by atoms with Crippen LogP contribution < -0.4 is 10.2 Å². The molecule has 1 amide bonds. The number of methoxy groups -OCH3 is 1. The van der Waals surface area contributed by atoms with Crippen LogP contribution in [0.25, 0.3) is 16.3 Å². The van der Waals surface area contributed by atoms with Crippen molar-refractivity contribution in [3.05, 3.63) is 47.5 Å². The van der Waals surface area contributed by atoms with Gasteiger partial charge in [-0.25, -0.2) is 0 Å². The van der Waals surface area contributed by atoms with Crippen molar-refractivity contribution in [1.82, 2.24) is 5.32 Å². The number of fused-ring (bicyclic) bond motifs is 1. The van der Waals surface area contributed by atoms with Gasteiger partial charge in [0.15, 0.2) is 0 Å². The van der Waals surface area contributed by atoms with E-state index in [-0.39, 0.29) is 18.9 Å². The fourth-order valence-corrected chi connectivity index (χ4v) is 3.83. The summed E-state index contributed by atoms with van der Waals surface area (Å²) >= 11 is 0. The maximum atomic E-state index is 12.5. The molecule has 0 unspecified atom stereocenters. The number of anilines is 1. The second-order valence-electron chi connectivity index (χ2n) is 7.77. The number of amides is 1. The summed E-state index contributed by atoms with van der Waals surface area (Å²) in [5.74, 6) is -0.379. The predicted molar refractivity (Wildman–Crippen MR) is 131 cm³/mol. The molecule has 3 rings (SSSR count). The normalized spacial score (nSPS) is 14.3. The van der Waals surface area contributed by atoms with Crippen LogP contribution in [-0.4, -0.2) is 52.5 Å². The van der Waals surface area contributed by atoms with Crippen molar-refractivity contribution >= 4 is 27.9 Å². The highest BCUT2D eigenvalue weighted by molar-refractivity contribution is 6.05. The summed E-state index contributed by atoms with van der Waals surface area (Å²) in [6, 6.07) is 14.7. The zero-order chi connectivity index (χ0) is 22.1. The van der Waals surface area contributed by atoms with Gasteiger partial charge < -0.3 is 19.7 Å². The van der Waals surface area contributed by atoms with E-state index in [0.717, 1.165) is 29.4 Å². The summed E-state index contributed by atoms with van der Waals surface area (Å²) in [5.41, 5.74) is 2.93. The number of carbonyl (C=O) groups excluding carboxylic acids is 1. The molecule has 0 spiro atoms. The molecule has 6 nitrogen and oxygen atoms in total. The Kier molecular flexibility index (Phi) is 10.2. The molecule has 0 aromatic heterocycles. The number of benzene rings is 2. The molecule has 32 heavy (non-hydrogen) atoms. The Morgan fingerprint density at radius 1 is 1.06 bits per heavy atom. The van der Waals surface area contributed by atoms with Gasteiger partial charge in [-0.1, -0.05) is 25.6 Å². The van der Waals surface area contributed by atoms with Gasteiger partial charge in [-0.05, 0) is 66.3 Å². The van der Waals surface area contributed by atoms with Crippen LogP contribution in [0.2, 0.25) is 0 Å². The summed E-state index contributed by atoms with van der Waals surface area (Å²) in [6.45, 7) is 5.75. The van der Waals surface area contributed by atoms with Crippen molar-refractivity contribution in [2.24, 2.45) is 0 Å². The Morgan fingerprint density at radius 2 is 1.78 bits per heavy atom. The van der Waals surface area contributed by atoms with Crippen LogP contribution in [0.5, 0.6) is 0 Å². The van der Waals surface area contributed by atoms with Gasteiger partial charge in [0.1, 0.15) is 11.6 Å². The largest absolute Gasteiger partial charge is 0.382 e. The average Bonchev–Trinajstić information content (AvgIpc) is 2.81. The Hall–Kier alpha value is -2.88. The number of carbonyl (C=O) groups is 1. The lowest BCUT2D eigenvalue weighted by molar-refractivity contribution is -0.117. The van der Waals surface area contributed by atoms with Crippen LogP contribution >= 0.6 is 0 Å². The van der Waals surface area contributed by atoms with E-state index in [9.17, 15) is 10.1 Å². The molecule has 0 saturated carbocycles. The van der Waals surface area contributed by atoms with E-state index in [1.54, 1.807) is 7.11 Å². The van der Waals surface area contributed by atoms with Gasteiger partial charge in [0.25, 0.3) is 5.91 Å². The second kappa shape index (κ2) is 12.8. The molecule has 0 aliphatic carbocycles. The maximum Gasteiger partial charge on any atom is 0.262 e. The summed E-state index contributed by atoms with van der Waals surface area (Å²) < 4.78 is 10.3. The number of nitrogens with zero attached hydrogens (tertiary/aromatic N) is 2. The molecule has 0 bridgehead atoms.